The summed E-state index contributed by atoms with van der Waals surface area (Å²) in [6.45, 7) is 5.44. The second-order valence-corrected chi connectivity index (χ2v) is 6.45. The van der Waals surface area contributed by atoms with Crippen molar-refractivity contribution in [1.82, 2.24) is 9.80 Å². The number of aliphatic hydroxyl groups is 1. The van der Waals surface area contributed by atoms with Gasteiger partial charge in [-0.1, -0.05) is 0 Å². The van der Waals surface area contributed by atoms with Crippen LogP contribution in [-0.4, -0.2) is 58.5 Å². The maximum Gasteiger partial charge on any atom is 0.321 e. The van der Waals surface area contributed by atoms with Crippen molar-refractivity contribution in [1.29, 1.82) is 0 Å². The van der Waals surface area contributed by atoms with Crippen LogP contribution in [0.2, 0.25) is 0 Å². The van der Waals surface area contributed by atoms with Gasteiger partial charge < -0.3 is 15.3 Å². The Bertz CT molecular complexity index is 664. The number of rotatable bonds is 3. The Balaban J connectivity index is 2.26. The van der Waals surface area contributed by atoms with Crippen molar-refractivity contribution in [2.75, 3.05) is 25.5 Å². The van der Waals surface area contributed by atoms with Crippen LogP contribution < -0.4 is 5.32 Å². The van der Waals surface area contributed by atoms with E-state index < -0.39 is 11.6 Å². The van der Waals surface area contributed by atoms with E-state index in [1.807, 2.05) is 0 Å². The molecule has 0 fully saturated rings. The second kappa shape index (κ2) is 6.00. The van der Waals surface area contributed by atoms with Gasteiger partial charge in [-0.3, -0.25) is 14.5 Å². The minimum absolute atomic E-state index is 0.137. The van der Waals surface area contributed by atoms with E-state index in [1.54, 1.807) is 40.0 Å². The van der Waals surface area contributed by atoms with E-state index in [-0.39, 0.29) is 30.5 Å². The van der Waals surface area contributed by atoms with Gasteiger partial charge in [-0.15, -0.1) is 0 Å². The lowest BCUT2D eigenvalue weighted by atomic mass is 10.1. The molecule has 1 aliphatic heterocycles. The molecule has 0 atom stereocenters. The van der Waals surface area contributed by atoms with Crippen LogP contribution >= 0.6 is 0 Å². The second-order valence-electron chi connectivity index (χ2n) is 6.45. The zero-order valence-electron chi connectivity index (χ0n) is 13.7. The molecule has 0 saturated heterocycles. The zero-order chi connectivity index (χ0) is 17.4. The Hall–Kier alpha value is -2.41. The average molecular weight is 319 g/mol. The molecule has 0 aromatic heterocycles. The number of urea groups is 1. The molecule has 23 heavy (non-hydrogen) atoms. The highest BCUT2D eigenvalue weighted by molar-refractivity contribution is 6.22. The van der Waals surface area contributed by atoms with Gasteiger partial charge >= 0.3 is 6.03 Å². The van der Waals surface area contributed by atoms with Crippen molar-refractivity contribution in [3.8, 4) is 0 Å². The summed E-state index contributed by atoms with van der Waals surface area (Å²) in [5.41, 5.74) is 0.437. The predicted molar refractivity (Wildman–Crippen MR) is 85.4 cm³/mol. The monoisotopic (exact) mass is 319 g/mol. The molecule has 0 spiro atoms. The number of hydrogen-bond donors (Lipinski definition) is 2. The summed E-state index contributed by atoms with van der Waals surface area (Å²) in [5, 5.41) is 11.5. The van der Waals surface area contributed by atoms with E-state index in [2.05, 4.69) is 5.32 Å². The van der Waals surface area contributed by atoms with Crippen molar-refractivity contribution in [2.45, 2.75) is 26.3 Å². The van der Waals surface area contributed by atoms with Crippen LogP contribution in [0, 0.1) is 0 Å². The molecule has 7 nitrogen and oxygen atoms in total. The van der Waals surface area contributed by atoms with Crippen molar-refractivity contribution in [2.24, 2.45) is 0 Å². The van der Waals surface area contributed by atoms with Gasteiger partial charge in [0.25, 0.3) is 11.8 Å². The fraction of sp³-hybridized carbons (Fsp3) is 0.438. The van der Waals surface area contributed by atoms with Gasteiger partial charge in [0.1, 0.15) is 0 Å². The van der Waals surface area contributed by atoms with Gasteiger partial charge in [-0.2, -0.15) is 0 Å². The Morgan fingerprint density at radius 3 is 2.39 bits per heavy atom. The molecule has 1 aromatic carbocycles. The molecule has 7 heteroatoms. The molecule has 1 aromatic rings. The average Bonchev–Trinajstić information content (AvgIpc) is 2.70. The van der Waals surface area contributed by atoms with Crippen molar-refractivity contribution in [3.05, 3.63) is 29.3 Å². The van der Waals surface area contributed by atoms with Crippen molar-refractivity contribution < 1.29 is 19.5 Å². The van der Waals surface area contributed by atoms with Crippen LogP contribution in [0.1, 0.15) is 41.5 Å². The molecule has 1 aliphatic rings. The maximum atomic E-state index is 12.5. The standard InChI is InChI=1S/C16H21N3O4/c1-16(2,3)19-13(21)11-6-5-10(9-12(11)14(19)22)17-15(23)18(4)7-8-20/h5-6,9,20H,7-8H2,1-4H3,(H,17,23). The Morgan fingerprint density at radius 2 is 1.83 bits per heavy atom. The summed E-state index contributed by atoms with van der Waals surface area (Å²) in [7, 11) is 1.55. The molecular formula is C16H21N3O4. The zero-order valence-corrected chi connectivity index (χ0v) is 13.7. The first-order valence-electron chi connectivity index (χ1n) is 7.32. The van der Waals surface area contributed by atoms with Crippen LogP contribution in [0.4, 0.5) is 10.5 Å². The highest BCUT2D eigenvalue weighted by Gasteiger charge is 2.41. The third kappa shape index (κ3) is 3.19. The van der Waals surface area contributed by atoms with Crippen LogP contribution in [0.25, 0.3) is 0 Å². The lowest BCUT2D eigenvalue weighted by Crippen LogP contribution is -2.45. The Labute approximate surface area is 134 Å². The number of carbonyl (C=O) groups excluding carboxylic acids is 3. The SMILES string of the molecule is CN(CCO)C(=O)Nc1ccc2c(c1)C(=O)N(C(C)(C)C)C2=O. The molecule has 4 amide bonds. The molecule has 0 aliphatic carbocycles. The first-order valence-corrected chi connectivity index (χ1v) is 7.32. The molecule has 124 valence electrons. The molecule has 1 heterocycles. The number of aliphatic hydroxyl groups excluding tert-OH is 1. The number of benzene rings is 1. The maximum absolute atomic E-state index is 12.5. The minimum atomic E-state index is -0.613. The van der Waals surface area contributed by atoms with Crippen molar-refractivity contribution >= 4 is 23.5 Å². The number of amides is 4. The Morgan fingerprint density at radius 1 is 1.22 bits per heavy atom. The largest absolute Gasteiger partial charge is 0.395 e. The third-order valence-electron chi connectivity index (χ3n) is 3.59. The number of fused-ring (bicyclic) bond motifs is 1. The van der Waals surface area contributed by atoms with E-state index in [0.717, 1.165) is 0 Å². The van der Waals surface area contributed by atoms with Gasteiger partial charge in [0.15, 0.2) is 0 Å². The third-order valence-corrected chi connectivity index (χ3v) is 3.59. The van der Waals surface area contributed by atoms with E-state index >= 15 is 0 Å². The highest BCUT2D eigenvalue weighted by atomic mass is 16.3. The highest BCUT2D eigenvalue weighted by Crippen LogP contribution is 2.30. The normalized spacial score (nSPS) is 14.0. The number of nitrogens with one attached hydrogen (secondary N) is 1. The quantitative estimate of drug-likeness (QED) is 0.827. The number of likely N-dealkylation sites (N-methyl/N-ethyl adjacent to an activating group) is 1. The minimum Gasteiger partial charge on any atom is -0.395 e. The van der Waals surface area contributed by atoms with Gasteiger partial charge in [-0.05, 0) is 39.0 Å². The van der Waals surface area contributed by atoms with Gasteiger partial charge in [0.2, 0.25) is 0 Å². The molecule has 0 bridgehead atoms. The van der Waals surface area contributed by atoms with Crippen LogP contribution in [-0.2, 0) is 0 Å². The van der Waals surface area contributed by atoms with Gasteiger partial charge in [0.05, 0.1) is 17.7 Å². The fourth-order valence-corrected chi connectivity index (χ4v) is 2.40. The summed E-state index contributed by atoms with van der Waals surface area (Å²) in [6, 6.07) is 4.24. The summed E-state index contributed by atoms with van der Waals surface area (Å²) >= 11 is 0. The predicted octanol–water partition coefficient (Wildman–Crippen LogP) is 1.54. The molecule has 0 unspecified atom stereocenters. The van der Waals surface area contributed by atoms with E-state index in [1.165, 1.54) is 15.9 Å². The molecule has 2 N–H and O–H groups in total. The lowest BCUT2D eigenvalue weighted by molar-refractivity contribution is 0.0507. The van der Waals surface area contributed by atoms with Crippen LogP contribution in [0.3, 0.4) is 0 Å². The number of hydrogen-bond acceptors (Lipinski definition) is 4. The first-order chi connectivity index (χ1) is 10.7. The van der Waals surface area contributed by atoms with E-state index in [9.17, 15) is 14.4 Å². The lowest BCUT2D eigenvalue weighted by Gasteiger charge is -2.29. The summed E-state index contributed by atoms with van der Waals surface area (Å²) in [4.78, 5) is 39.3. The number of carbonyl (C=O) groups is 3. The number of imide groups is 1. The summed E-state index contributed by atoms with van der Waals surface area (Å²) < 4.78 is 0. The molecular weight excluding hydrogens is 298 g/mol. The van der Waals surface area contributed by atoms with Crippen molar-refractivity contribution in [3.63, 3.8) is 0 Å². The molecule has 0 saturated carbocycles. The number of nitrogens with zero attached hydrogens (tertiary/aromatic N) is 2. The smallest absolute Gasteiger partial charge is 0.321 e. The van der Waals surface area contributed by atoms with Gasteiger partial charge in [-0.25, -0.2) is 4.79 Å². The Kier molecular flexibility index (Phi) is 4.42. The van der Waals surface area contributed by atoms with Crippen LogP contribution in [0.5, 0.6) is 0 Å². The number of anilines is 1. The summed E-state index contributed by atoms with van der Waals surface area (Å²) in [5.74, 6) is -0.690. The van der Waals surface area contributed by atoms with E-state index in [4.69, 9.17) is 5.11 Å². The topological polar surface area (TPSA) is 89.9 Å². The summed E-state index contributed by atoms with van der Waals surface area (Å²) in [6.07, 6.45) is 0. The van der Waals surface area contributed by atoms with Gasteiger partial charge in [0, 0.05) is 24.8 Å². The molecule has 0 radical (unpaired) electrons. The molecule has 2 rings (SSSR count). The first kappa shape index (κ1) is 17.0. The fourth-order valence-electron chi connectivity index (χ4n) is 2.40. The van der Waals surface area contributed by atoms with Crippen LogP contribution in [0.15, 0.2) is 18.2 Å². The van der Waals surface area contributed by atoms with E-state index in [0.29, 0.717) is 11.3 Å².